The van der Waals surface area contributed by atoms with Crippen molar-refractivity contribution in [2.24, 2.45) is 0 Å². The predicted octanol–water partition coefficient (Wildman–Crippen LogP) is 4.36. The summed E-state index contributed by atoms with van der Waals surface area (Å²) in [7, 11) is 0. The van der Waals surface area contributed by atoms with E-state index in [1.165, 1.54) is 6.92 Å². The maximum atomic E-state index is 15.4. The largest absolute Gasteiger partial charge is 0.463 e. The average Bonchev–Trinajstić information content (AvgIpc) is 2.95. The molecule has 1 N–H and O–H groups in total. The molecule has 0 amide bonds. The number of hydrogen-bond donors (Lipinski definition) is 1. The highest BCUT2D eigenvalue weighted by atomic mass is 19.1. The Hall–Kier alpha value is -3.14. The second-order valence-electron chi connectivity index (χ2n) is 9.09. The van der Waals surface area contributed by atoms with Crippen LogP contribution in [0.3, 0.4) is 0 Å². The summed E-state index contributed by atoms with van der Waals surface area (Å²) in [6, 6.07) is 28.4. The maximum absolute atomic E-state index is 15.4. The molecule has 0 spiro atoms. The Balaban J connectivity index is 1.59. The number of alkyl halides is 1. The van der Waals surface area contributed by atoms with Gasteiger partial charge in [-0.2, -0.15) is 0 Å². The van der Waals surface area contributed by atoms with Gasteiger partial charge in [-0.25, -0.2) is 4.39 Å². The molecule has 3 aromatic carbocycles. The van der Waals surface area contributed by atoms with E-state index < -0.39 is 49.5 Å². The first-order chi connectivity index (χ1) is 18.5. The minimum absolute atomic E-state index is 0.151. The van der Waals surface area contributed by atoms with Crippen LogP contribution in [0.5, 0.6) is 0 Å². The summed E-state index contributed by atoms with van der Waals surface area (Å²) in [6.45, 7) is 1.17. The number of aliphatic hydroxyl groups is 1. The van der Waals surface area contributed by atoms with Gasteiger partial charge in [-0.15, -0.1) is 0 Å². The van der Waals surface area contributed by atoms with Gasteiger partial charge in [-0.1, -0.05) is 91.0 Å². The molecule has 3 aromatic rings. The van der Waals surface area contributed by atoms with E-state index in [0.717, 1.165) is 16.7 Å². The predicted molar refractivity (Wildman–Crippen MR) is 137 cm³/mol. The first-order valence-corrected chi connectivity index (χ1v) is 12.6. The summed E-state index contributed by atoms with van der Waals surface area (Å²) in [6.07, 6.45) is -7.40. The molecule has 202 valence electrons. The minimum Gasteiger partial charge on any atom is -0.463 e. The minimum atomic E-state index is -1.77. The SMILES string of the molecule is CC(=O)OC[C@H](F)C1OC(O)C(OCc2ccccc2)C(OCc2ccccc2)C1OCc1ccccc1. The van der Waals surface area contributed by atoms with Crippen LogP contribution in [-0.2, 0) is 48.3 Å². The molecule has 0 saturated carbocycles. The highest BCUT2D eigenvalue weighted by Gasteiger charge is 2.51. The van der Waals surface area contributed by atoms with E-state index in [4.69, 9.17) is 23.7 Å². The van der Waals surface area contributed by atoms with E-state index in [1.807, 2.05) is 91.0 Å². The molecule has 0 aliphatic carbocycles. The lowest BCUT2D eigenvalue weighted by atomic mass is 9.95. The molecule has 4 rings (SSSR count). The number of benzene rings is 3. The Bertz CT molecular complexity index is 1100. The zero-order chi connectivity index (χ0) is 26.7. The van der Waals surface area contributed by atoms with Crippen LogP contribution in [0, 0.1) is 0 Å². The highest BCUT2D eigenvalue weighted by molar-refractivity contribution is 5.65. The van der Waals surface area contributed by atoms with Gasteiger partial charge in [0.15, 0.2) is 12.5 Å². The van der Waals surface area contributed by atoms with Gasteiger partial charge >= 0.3 is 5.97 Å². The van der Waals surface area contributed by atoms with E-state index in [0.29, 0.717) is 0 Å². The Morgan fingerprint density at radius 3 is 1.63 bits per heavy atom. The van der Waals surface area contributed by atoms with Crippen molar-refractivity contribution < 1.29 is 38.0 Å². The first-order valence-electron chi connectivity index (χ1n) is 12.6. The zero-order valence-corrected chi connectivity index (χ0v) is 21.2. The number of aliphatic hydroxyl groups excluding tert-OH is 1. The third-order valence-corrected chi connectivity index (χ3v) is 6.21. The van der Waals surface area contributed by atoms with Gasteiger partial charge in [0, 0.05) is 6.92 Å². The van der Waals surface area contributed by atoms with Crippen molar-refractivity contribution in [2.45, 2.75) is 63.6 Å². The molecular formula is C30H33FO7. The monoisotopic (exact) mass is 524 g/mol. The van der Waals surface area contributed by atoms with Gasteiger partial charge in [0.2, 0.25) is 0 Å². The van der Waals surface area contributed by atoms with Crippen LogP contribution in [0.1, 0.15) is 23.6 Å². The smallest absolute Gasteiger partial charge is 0.302 e. The van der Waals surface area contributed by atoms with Crippen LogP contribution < -0.4 is 0 Å². The summed E-state index contributed by atoms with van der Waals surface area (Å²) in [5.74, 6) is -0.619. The van der Waals surface area contributed by atoms with Crippen LogP contribution >= 0.6 is 0 Å². The number of ether oxygens (including phenoxy) is 5. The van der Waals surface area contributed by atoms with Gasteiger partial charge in [-0.05, 0) is 16.7 Å². The first kappa shape index (κ1) is 27.9. The van der Waals surface area contributed by atoms with E-state index in [-0.39, 0.29) is 19.8 Å². The topological polar surface area (TPSA) is 83.5 Å². The van der Waals surface area contributed by atoms with E-state index >= 15 is 4.39 Å². The van der Waals surface area contributed by atoms with Crippen molar-refractivity contribution in [1.29, 1.82) is 0 Å². The average molecular weight is 525 g/mol. The molecule has 1 saturated heterocycles. The van der Waals surface area contributed by atoms with Crippen LogP contribution in [0.15, 0.2) is 91.0 Å². The molecule has 1 heterocycles. The van der Waals surface area contributed by atoms with Gasteiger partial charge in [-0.3, -0.25) is 4.79 Å². The molecule has 7 nitrogen and oxygen atoms in total. The maximum Gasteiger partial charge on any atom is 0.302 e. The Kier molecular flexibility index (Phi) is 10.4. The molecule has 1 aliphatic rings. The molecule has 5 unspecified atom stereocenters. The summed E-state index contributed by atoms with van der Waals surface area (Å²) < 4.78 is 44.6. The van der Waals surface area contributed by atoms with Crippen molar-refractivity contribution in [3.63, 3.8) is 0 Å². The number of halogens is 1. The summed E-state index contributed by atoms with van der Waals surface area (Å²) in [5.41, 5.74) is 2.66. The van der Waals surface area contributed by atoms with Gasteiger partial charge in [0.05, 0.1) is 19.8 Å². The third kappa shape index (κ3) is 7.93. The fourth-order valence-electron chi connectivity index (χ4n) is 4.29. The van der Waals surface area contributed by atoms with E-state index in [1.54, 1.807) is 0 Å². The number of rotatable bonds is 12. The number of hydrogen-bond acceptors (Lipinski definition) is 7. The van der Waals surface area contributed by atoms with Crippen molar-refractivity contribution >= 4 is 5.97 Å². The zero-order valence-electron chi connectivity index (χ0n) is 21.2. The Labute approximate surface area is 222 Å². The summed E-state index contributed by atoms with van der Waals surface area (Å²) >= 11 is 0. The molecule has 6 atom stereocenters. The van der Waals surface area contributed by atoms with E-state index in [9.17, 15) is 9.90 Å². The van der Waals surface area contributed by atoms with Crippen LogP contribution in [0.4, 0.5) is 4.39 Å². The normalized spacial score (nSPS) is 24.0. The van der Waals surface area contributed by atoms with Crippen LogP contribution in [0.25, 0.3) is 0 Å². The van der Waals surface area contributed by atoms with Crippen LogP contribution in [-0.4, -0.2) is 54.6 Å². The van der Waals surface area contributed by atoms with Gasteiger partial charge < -0.3 is 28.8 Å². The lowest BCUT2D eigenvalue weighted by Crippen LogP contribution is -2.62. The van der Waals surface area contributed by atoms with Gasteiger partial charge in [0.1, 0.15) is 31.0 Å². The molecular weight excluding hydrogens is 491 g/mol. The molecule has 1 fully saturated rings. The summed E-state index contributed by atoms with van der Waals surface area (Å²) in [5, 5.41) is 11.0. The number of esters is 1. The van der Waals surface area contributed by atoms with Crippen LogP contribution in [0.2, 0.25) is 0 Å². The Morgan fingerprint density at radius 1 is 0.763 bits per heavy atom. The van der Waals surface area contributed by atoms with Crippen molar-refractivity contribution in [2.75, 3.05) is 6.61 Å². The molecule has 38 heavy (non-hydrogen) atoms. The third-order valence-electron chi connectivity index (χ3n) is 6.21. The fourth-order valence-corrected chi connectivity index (χ4v) is 4.29. The summed E-state index contributed by atoms with van der Waals surface area (Å²) in [4.78, 5) is 11.3. The lowest BCUT2D eigenvalue weighted by molar-refractivity contribution is -0.321. The number of carbonyl (C=O) groups excluding carboxylic acids is 1. The fraction of sp³-hybridized carbons (Fsp3) is 0.367. The highest BCUT2D eigenvalue weighted by Crippen LogP contribution is 2.32. The second-order valence-corrected chi connectivity index (χ2v) is 9.09. The molecule has 0 bridgehead atoms. The van der Waals surface area contributed by atoms with Crippen molar-refractivity contribution in [3.8, 4) is 0 Å². The Morgan fingerprint density at radius 2 is 1.18 bits per heavy atom. The quantitative estimate of drug-likeness (QED) is 0.353. The molecule has 0 aromatic heterocycles. The lowest BCUT2D eigenvalue weighted by Gasteiger charge is -2.45. The molecule has 1 aliphatic heterocycles. The standard InChI is InChI=1S/C30H33FO7/c1-21(32)34-20-25(31)26-27(35-17-22-11-5-2-6-12-22)28(36-18-23-13-7-3-8-14-23)29(30(33)38-26)37-19-24-15-9-4-10-16-24/h2-16,25-30,33H,17-20H2,1H3/t25-,26?,27?,28?,29?,30?/m0/s1. The molecule has 8 heteroatoms. The van der Waals surface area contributed by atoms with Crippen molar-refractivity contribution in [3.05, 3.63) is 108 Å². The number of carbonyl (C=O) groups is 1. The second kappa shape index (κ2) is 14.1. The molecule has 0 radical (unpaired) electrons. The van der Waals surface area contributed by atoms with Gasteiger partial charge in [0.25, 0.3) is 0 Å². The van der Waals surface area contributed by atoms with E-state index in [2.05, 4.69) is 0 Å². The van der Waals surface area contributed by atoms with Crippen molar-refractivity contribution in [1.82, 2.24) is 0 Å².